The molecule has 0 aromatic carbocycles. The summed E-state index contributed by atoms with van der Waals surface area (Å²) in [5.41, 5.74) is -1.36. The topological polar surface area (TPSA) is 119 Å². The van der Waals surface area contributed by atoms with Gasteiger partial charge < -0.3 is 19.3 Å². The molecule has 11 heteroatoms. The van der Waals surface area contributed by atoms with Crippen molar-refractivity contribution in [2.45, 2.75) is 69.2 Å². The Morgan fingerprint density at radius 2 is 1.79 bits per heavy atom. The van der Waals surface area contributed by atoms with Crippen molar-refractivity contribution in [2.24, 2.45) is 17.3 Å². The molecular formula is C17H26F2O8S. The third kappa shape index (κ3) is 3.91. The number of rotatable bonds is 8. The molecule has 0 heterocycles. The SMILES string of the molecule is CCOC(C)OCC12CC3CC(O)(CC(C1)C3OC(=O)C(F)(F)S(=O)(=O)O)C2. The molecule has 162 valence electrons. The number of halogens is 2. The number of ether oxygens (including phenoxy) is 3. The van der Waals surface area contributed by atoms with Crippen LogP contribution in [-0.4, -0.2) is 60.5 Å². The number of carbonyl (C=O) groups excluding carboxylic acids is 1. The van der Waals surface area contributed by atoms with E-state index in [2.05, 4.69) is 0 Å². The summed E-state index contributed by atoms with van der Waals surface area (Å²) in [6.07, 6.45) is 0.713. The Morgan fingerprint density at radius 3 is 2.29 bits per heavy atom. The van der Waals surface area contributed by atoms with Gasteiger partial charge in [0.1, 0.15) is 6.10 Å². The van der Waals surface area contributed by atoms with Crippen LogP contribution >= 0.6 is 0 Å². The second-order valence-electron chi connectivity index (χ2n) is 8.43. The highest BCUT2D eigenvalue weighted by Crippen LogP contribution is 2.62. The average Bonchev–Trinajstić information content (AvgIpc) is 2.54. The van der Waals surface area contributed by atoms with Crippen LogP contribution in [0.1, 0.15) is 46.0 Å². The fraction of sp³-hybridized carbons (Fsp3) is 0.941. The summed E-state index contributed by atoms with van der Waals surface area (Å²) >= 11 is 0. The van der Waals surface area contributed by atoms with Crippen LogP contribution in [0.4, 0.5) is 8.78 Å². The van der Waals surface area contributed by atoms with Gasteiger partial charge in [0.05, 0.1) is 12.2 Å². The Bertz CT molecular complexity index is 709. The molecule has 0 aliphatic heterocycles. The molecule has 4 aliphatic rings. The van der Waals surface area contributed by atoms with Gasteiger partial charge in [-0.15, -0.1) is 0 Å². The number of aliphatic hydroxyl groups is 1. The first kappa shape index (κ1) is 21.8. The van der Waals surface area contributed by atoms with E-state index in [1.165, 1.54) is 0 Å². The van der Waals surface area contributed by atoms with Crippen LogP contribution in [0.2, 0.25) is 0 Å². The Kier molecular flexibility index (Phi) is 5.55. The number of carbonyl (C=O) groups is 1. The van der Waals surface area contributed by atoms with Gasteiger partial charge in [0, 0.05) is 6.61 Å². The van der Waals surface area contributed by atoms with Crippen LogP contribution in [-0.2, 0) is 29.1 Å². The highest BCUT2D eigenvalue weighted by atomic mass is 32.2. The average molecular weight is 428 g/mol. The second-order valence-corrected chi connectivity index (χ2v) is 9.90. The quantitative estimate of drug-likeness (QED) is 0.341. The minimum absolute atomic E-state index is 0.279. The summed E-state index contributed by atoms with van der Waals surface area (Å²) in [7, 11) is -5.92. The van der Waals surface area contributed by atoms with Crippen molar-refractivity contribution in [3.8, 4) is 0 Å². The molecule has 4 fully saturated rings. The predicted molar refractivity (Wildman–Crippen MR) is 90.9 cm³/mol. The molecule has 3 atom stereocenters. The lowest BCUT2D eigenvalue weighted by molar-refractivity contribution is -0.246. The van der Waals surface area contributed by atoms with Crippen molar-refractivity contribution in [3.05, 3.63) is 0 Å². The highest BCUT2D eigenvalue weighted by Gasteiger charge is 2.63. The molecule has 0 amide bonds. The molecule has 3 unspecified atom stereocenters. The van der Waals surface area contributed by atoms with Crippen LogP contribution in [0, 0.1) is 17.3 Å². The van der Waals surface area contributed by atoms with E-state index in [1.54, 1.807) is 6.92 Å². The number of hydrogen-bond donors (Lipinski definition) is 2. The van der Waals surface area contributed by atoms with Gasteiger partial charge in [-0.05, 0) is 63.2 Å². The van der Waals surface area contributed by atoms with Crippen LogP contribution in [0.5, 0.6) is 0 Å². The monoisotopic (exact) mass is 428 g/mol. The van der Waals surface area contributed by atoms with Crippen LogP contribution in [0.3, 0.4) is 0 Å². The lowest BCUT2D eigenvalue weighted by atomic mass is 9.47. The Hall–Kier alpha value is -0.880. The molecule has 0 aromatic rings. The molecule has 0 aromatic heterocycles. The van der Waals surface area contributed by atoms with Gasteiger partial charge >= 0.3 is 21.3 Å². The zero-order chi connectivity index (χ0) is 21.0. The maximum absolute atomic E-state index is 13.6. The summed E-state index contributed by atoms with van der Waals surface area (Å²) < 4.78 is 73.3. The molecule has 8 nitrogen and oxygen atoms in total. The predicted octanol–water partition coefficient (Wildman–Crippen LogP) is 1.72. The lowest BCUT2D eigenvalue weighted by Gasteiger charge is -2.62. The van der Waals surface area contributed by atoms with Gasteiger partial charge in [-0.1, -0.05) is 0 Å². The molecule has 4 aliphatic carbocycles. The fourth-order valence-electron chi connectivity index (χ4n) is 5.47. The van der Waals surface area contributed by atoms with E-state index in [0.29, 0.717) is 32.5 Å². The van der Waals surface area contributed by atoms with Gasteiger partial charge in [-0.2, -0.15) is 17.2 Å². The summed E-state index contributed by atoms with van der Waals surface area (Å²) in [6, 6.07) is 0. The van der Waals surface area contributed by atoms with Crippen LogP contribution in [0.25, 0.3) is 0 Å². The van der Waals surface area contributed by atoms with Crippen molar-refractivity contribution in [1.82, 2.24) is 0 Å². The summed E-state index contributed by atoms with van der Waals surface area (Å²) in [6.45, 7) is 4.42. The van der Waals surface area contributed by atoms with E-state index in [9.17, 15) is 27.1 Å². The minimum atomic E-state index is -5.92. The zero-order valence-corrected chi connectivity index (χ0v) is 16.6. The first-order valence-corrected chi connectivity index (χ1v) is 10.8. The normalized spacial score (nSPS) is 38.4. The fourth-order valence-corrected chi connectivity index (χ4v) is 5.73. The minimum Gasteiger partial charge on any atom is -0.456 e. The highest BCUT2D eigenvalue weighted by molar-refractivity contribution is 7.87. The maximum Gasteiger partial charge on any atom is 0.465 e. The van der Waals surface area contributed by atoms with E-state index in [1.807, 2.05) is 6.92 Å². The van der Waals surface area contributed by atoms with Crippen molar-refractivity contribution < 1.29 is 45.9 Å². The first-order valence-electron chi connectivity index (χ1n) is 9.32. The van der Waals surface area contributed by atoms with E-state index in [4.69, 9.17) is 18.8 Å². The molecule has 0 spiro atoms. The van der Waals surface area contributed by atoms with Gasteiger partial charge in [-0.25, -0.2) is 4.79 Å². The maximum atomic E-state index is 13.6. The molecule has 4 saturated carbocycles. The Labute approximate surface area is 162 Å². The molecule has 4 bridgehead atoms. The standard InChI is InChI=1S/C17H26F2O8S/c1-3-25-10(2)26-9-15-4-11-6-16(21,8-15)7-12(5-15)13(11)27-14(20)17(18,19)28(22,23)24/h10-13,21H,3-9H2,1-2H3,(H,22,23,24). The summed E-state index contributed by atoms with van der Waals surface area (Å²) in [5.74, 6) is -3.06. The van der Waals surface area contributed by atoms with Gasteiger partial charge in [-0.3, -0.25) is 4.55 Å². The summed E-state index contributed by atoms with van der Waals surface area (Å²) in [4.78, 5) is 11.7. The molecule has 0 radical (unpaired) electrons. The molecular weight excluding hydrogens is 402 g/mol. The van der Waals surface area contributed by atoms with Crippen molar-refractivity contribution >= 4 is 16.1 Å². The smallest absolute Gasteiger partial charge is 0.456 e. The van der Waals surface area contributed by atoms with Crippen molar-refractivity contribution in [1.29, 1.82) is 0 Å². The molecule has 28 heavy (non-hydrogen) atoms. The zero-order valence-electron chi connectivity index (χ0n) is 15.8. The Balaban J connectivity index is 1.72. The van der Waals surface area contributed by atoms with Crippen molar-refractivity contribution in [2.75, 3.05) is 13.2 Å². The van der Waals surface area contributed by atoms with Gasteiger partial charge in [0.2, 0.25) is 0 Å². The number of alkyl halides is 2. The van der Waals surface area contributed by atoms with Crippen LogP contribution in [0.15, 0.2) is 0 Å². The number of esters is 1. The molecule has 4 rings (SSSR count). The Morgan fingerprint density at radius 1 is 1.21 bits per heavy atom. The molecule has 0 saturated heterocycles. The third-order valence-corrected chi connectivity index (χ3v) is 6.95. The second kappa shape index (κ2) is 7.12. The molecule has 2 N–H and O–H groups in total. The third-order valence-electron chi connectivity index (χ3n) is 6.14. The van der Waals surface area contributed by atoms with Gasteiger partial charge in [0.25, 0.3) is 0 Å². The number of hydrogen-bond acceptors (Lipinski definition) is 7. The summed E-state index contributed by atoms with van der Waals surface area (Å²) in [5, 5.41) is 5.84. The lowest BCUT2D eigenvalue weighted by Crippen LogP contribution is -2.63. The van der Waals surface area contributed by atoms with E-state index >= 15 is 0 Å². The van der Waals surface area contributed by atoms with Gasteiger partial charge in [0.15, 0.2) is 6.29 Å². The van der Waals surface area contributed by atoms with E-state index in [-0.39, 0.29) is 18.3 Å². The van der Waals surface area contributed by atoms with Crippen molar-refractivity contribution in [3.63, 3.8) is 0 Å². The van der Waals surface area contributed by atoms with Crippen LogP contribution < -0.4 is 0 Å². The largest absolute Gasteiger partial charge is 0.465 e. The van der Waals surface area contributed by atoms with E-state index < -0.39 is 51.2 Å². The first-order chi connectivity index (χ1) is 12.8. The van der Waals surface area contributed by atoms with E-state index in [0.717, 1.165) is 0 Å².